The molecular formula is C39H32O15. The van der Waals surface area contributed by atoms with E-state index in [0.29, 0.717) is 11.1 Å². The SMILES string of the molecule is O=C(C=Cc1ccc(O)cc1)OC[C@@H]1O[C@H](Oc2c(-c3ccc(O)cc3)oc3cc(O)cc(O)c3c2=O)[C@@H](OC(=O)C=Cc2ccc(O)cc2)[C@H](O)[C@H]1O. The molecule has 4 aromatic carbocycles. The maximum atomic E-state index is 14.0. The summed E-state index contributed by atoms with van der Waals surface area (Å²) in [6.07, 6.45) is -4.24. The molecule has 1 aliphatic heterocycles. The van der Waals surface area contributed by atoms with Gasteiger partial charge in [-0.05, 0) is 71.8 Å². The van der Waals surface area contributed by atoms with Crippen LogP contribution in [0.4, 0.5) is 0 Å². The number of esters is 2. The van der Waals surface area contributed by atoms with Crippen LogP contribution in [0.2, 0.25) is 0 Å². The van der Waals surface area contributed by atoms with Crippen LogP contribution < -0.4 is 10.2 Å². The van der Waals surface area contributed by atoms with Crippen molar-refractivity contribution in [1.29, 1.82) is 0 Å². The first-order valence-corrected chi connectivity index (χ1v) is 16.2. The van der Waals surface area contributed by atoms with Gasteiger partial charge in [0.1, 0.15) is 64.6 Å². The number of aliphatic hydroxyl groups excluding tert-OH is 2. The number of phenols is 5. The second kappa shape index (κ2) is 15.8. The van der Waals surface area contributed by atoms with Gasteiger partial charge in [0.2, 0.25) is 17.5 Å². The van der Waals surface area contributed by atoms with E-state index >= 15 is 0 Å². The fourth-order valence-corrected chi connectivity index (χ4v) is 5.44. The minimum absolute atomic E-state index is 0.00487. The summed E-state index contributed by atoms with van der Waals surface area (Å²) in [6.45, 7) is -0.657. The minimum atomic E-state index is -1.96. The fraction of sp³-hybridized carbons (Fsp3) is 0.154. The van der Waals surface area contributed by atoms with Crippen LogP contribution in [0, 0.1) is 0 Å². The van der Waals surface area contributed by atoms with Crippen LogP contribution in [-0.2, 0) is 23.8 Å². The van der Waals surface area contributed by atoms with Crippen LogP contribution in [0.3, 0.4) is 0 Å². The molecule has 0 saturated carbocycles. The third-order valence-electron chi connectivity index (χ3n) is 8.18. The molecule has 1 saturated heterocycles. The average molecular weight is 741 g/mol. The number of aromatic hydroxyl groups is 5. The molecule has 0 amide bonds. The van der Waals surface area contributed by atoms with Gasteiger partial charge in [-0.25, -0.2) is 9.59 Å². The Balaban J connectivity index is 1.33. The molecule has 0 aliphatic carbocycles. The Morgan fingerprint density at radius 3 is 1.85 bits per heavy atom. The van der Waals surface area contributed by atoms with Gasteiger partial charge in [0.15, 0.2) is 11.9 Å². The lowest BCUT2D eigenvalue weighted by Crippen LogP contribution is -2.61. The molecule has 278 valence electrons. The van der Waals surface area contributed by atoms with E-state index in [1.165, 1.54) is 72.8 Å². The third kappa shape index (κ3) is 8.45. The molecule has 0 spiro atoms. The highest BCUT2D eigenvalue weighted by Crippen LogP contribution is 2.38. The van der Waals surface area contributed by atoms with E-state index in [0.717, 1.165) is 24.3 Å². The molecule has 1 aliphatic rings. The minimum Gasteiger partial charge on any atom is -0.508 e. The smallest absolute Gasteiger partial charge is 0.331 e. The van der Waals surface area contributed by atoms with Crippen LogP contribution >= 0.6 is 0 Å². The molecule has 15 nitrogen and oxygen atoms in total. The first-order valence-electron chi connectivity index (χ1n) is 16.2. The van der Waals surface area contributed by atoms with Crippen LogP contribution in [0.1, 0.15) is 11.1 Å². The largest absolute Gasteiger partial charge is 0.508 e. The molecule has 1 aromatic heterocycles. The summed E-state index contributed by atoms with van der Waals surface area (Å²) < 4.78 is 28.6. The molecule has 5 atom stereocenters. The summed E-state index contributed by atoms with van der Waals surface area (Å²) in [5.74, 6) is -4.04. The molecule has 6 rings (SSSR count). The highest BCUT2D eigenvalue weighted by atomic mass is 16.7. The Morgan fingerprint density at radius 2 is 1.26 bits per heavy atom. The van der Waals surface area contributed by atoms with E-state index in [4.69, 9.17) is 23.4 Å². The van der Waals surface area contributed by atoms with Crippen molar-refractivity contribution in [2.75, 3.05) is 6.61 Å². The highest BCUT2D eigenvalue weighted by molar-refractivity contribution is 5.89. The Labute approximate surface area is 305 Å². The number of carbonyl (C=O) groups excluding carboxylic acids is 2. The number of rotatable bonds is 10. The first-order chi connectivity index (χ1) is 25.9. The van der Waals surface area contributed by atoms with E-state index in [1.807, 2.05) is 0 Å². The number of hydrogen-bond donors (Lipinski definition) is 7. The predicted octanol–water partition coefficient (Wildman–Crippen LogP) is 3.70. The zero-order chi connectivity index (χ0) is 38.5. The lowest BCUT2D eigenvalue weighted by Gasteiger charge is -2.41. The summed E-state index contributed by atoms with van der Waals surface area (Å²) in [4.78, 5) is 39.6. The maximum absolute atomic E-state index is 14.0. The van der Waals surface area contributed by atoms with Gasteiger partial charge >= 0.3 is 11.9 Å². The van der Waals surface area contributed by atoms with Gasteiger partial charge in [-0.2, -0.15) is 0 Å². The van der Waals surface area contributed by atoms with E-state index in [1.54, 1.807) is 12.1 Å². The topological polar surface area (TPSA) is 243 Å². The Morgan fingerprint density at radius 1 is 0.704 bits per heavy atom. The highest BCUT2D eigenvalue weighted by Gasteiger charge is 2.49. The summed E-state index contributed by atoms with van der Waals surface area (Å²) >= 11 is 0. The lowest BCUT2D eigenvalue weighted by molar-refractivity contribution is -0.282. The third-order valence-corrected chi connectivity index (χ3v) is 8.18. The number of phenolic OH excluding ortho intramolecular Hbond substituents is 5. The van der Waals surface area contributed by atoms with Crippen LogP contribution in [0.25, 0.3) is 34.4 Å². The Kier molecular flexibility index (Phi) is 10.8. The zero-order valence-electron chi connectivity index (χ0n) is 27.9. The number of aliphatic hydroxyl groups is 2. The quantitative estimate of drug-likeness (QED) is 0.0798. The fourth-order valence-electron chi connectivity index (χ4n) is 5.44. The lowest BCUT2D eigenvalue weighted by atomic mass is 9.99. The molecule has 0 bridgehead atoms. The van der Waals surface area contributed by atoms with Crippen molar-refractivity contribution in [3.8, 4) is 45.8 Å². The summed E-state index contributed by atoms with van der Waals surface area (Å²) in [5, 5.41) is 71.5. The number of ether oxygens (including phenoxy) is 4. The van der Waals surface area contributed by atoms with Gasteiger partial charge in [0.25, 0.3) is 0 Å². The van der Waals surface area contributed by atoms with Crippen molar-refractivity contribution in [1.82, 2.24) is 0 Å². The van der Waals surface area contributed by atoms with E-state index in [9.17, 15) is 50.1 Å². The van der Waals surface area contributed by atoms with Crippen molar-refractivity contribution >= 4 is 35.1 Å². The molecule has 54 heavy (non-hydrogen) atoms. The summed E-state index contributed by atoms with van der Waals surface area (Å²) in [7, 11) is 0. The van der Waals surface area contributed by atoms with Gasteiger partial charge in [-0.1, -0.05) is 24.3 Å². The van der Waals surface area contributed by atoms with Gasteiger partial charge < -0.3 is 59.1 Å². The molecule has 5 aromatic rings. The number of hydrogen-bond acceptors (Lipinski definition) is 15. The molecule has 0 radical (unpaired) electrons. The van der Waals surface area contributed by atoms with Gasteiger partial charge in [0.05, 0.1) is 0 Å². The van der Waals surface area contributed by atoms with Crippen LogP contribution in [0.5, 0.6) is 34.5 Å². The average Bonchev–Trinajstić information content (AvgIpc) is 3.14. The second-order valence-corrected chi connectivity index (χ2v) is 12.0. The monoisotopic (exact) mass is 740 g/mol. The van der Waals surface area contributed by atoms with Crippen molar-refractivity contribution in [2.45, 2.75) is 30.7 Å². The maximum Gasteiger partial charge on any atom is 0.331 e. The Hall–Kier alpha value is -6.81. The molecule has 0 unspecified atom stereocenters. The number of carbonyl (C=O) groups is 2. The van der Waals surface area contributed by atoms with Crippen molar-refractivity contribution < 1.29 is 68.7 Å². The molecule has 2 heterocycles. The van der Waals surface area contributed by atoms with Crippen molar-refractivity contribution in [3.63, 3.8) is 0 Å². The van der Waals surface area contributed by atoms with E-state index in [2.05, 4.69) is 0 Å². The van der Waals surface area contributed by atoms with E-state index in [-0.39, 0.29) is 34.2 Å². The standard InChI is InChI=1S/C39H32O15/c40-23-9-1-20(2-10-23)5-15-30(45)50-19-29-33(47)35(49)38(53-31(46)16-6-21-3-11-24(41)12-4-21)39(52-29)54-37-34(48)32-27(44)17-26(43)18-28(32)51-36(37)22-7-13-25(42)14-8-22/h1-18,29,33,35,38-44,47,49H,19H2/t29-,33-,35+,38-,39+/m0/s1. The predicted molar refractivity (Wildman–Crippen MR) is 189 cm³/mol. The number of benzene rings is 4. The van der Waals surface area contributed by atoms with Crippen LogP contribution in [-0.4, -0.2) is 85.0 Å². The molecular weight excluding hydrogens is 708 g/mol. The Bertz CT molecular complexity index is 2260. The van der Waals surface area contributed by atoms with Gasteiger partial charge in [-0.3, -0.25) is 4.79 Å². The van der Waals surface area contributed by atoms with Crippen molar-refractivity contribution in [3.05, 3.63) is 118 Å². The number of fused-ring (bicyclic) bond motifs is 1. The zero-order valence-corrected chi connectivity index (χ0v) is 27.9. The normalized spacial score (nSPS) is 19.9. The van der Waals surface area contributed by atoms with Crippen LogP contribution in [0.15, 0.2) is 106 Å². The van der Waals surface area contributed by atoms with Gasteiger partial charge in [0, 0.05) is 29.8 Å². The molecule has 7 N–H and O–H groups in total. The van der Waals surface area contributed by atoms with Gasteiger partial charge in [-0.15, -0.1) is 0 Å². The molecule has 1 fully saturated rings. The van der Waals surface area contributed by atoms with Crippen molar-refractivity contribution in [2.24, 2.45) is 0 Å². The summed E-state index contributed by atoms with van der Waals surface area (Å²) in [5.41, 5.74) is -0.0115. The summed E-state index contributed by atoms with van der Waals surface area (Å²) in [6, 6.07) is 19.0. The second-order valence-electron chi connectivity index (χ2n) is 12.0. The molecule has 15 heteroatoms. The van der Waals surface area contributed by atoms with E-state index < -0.39 is 77.3 Å². The first kappa shape index (κ1) is 37.0.